The molecule has 0 heterocycles. The summed E-state index contributed by atoms with van der Waals surface area (Å²) in [5.74, 6) is 0. The first-order chi connectivity index (χ1) is 2.00. The van der Waals surface area contributed by atoms with Crippen molar-refractivity contribution in [3.8, 4) is 0 Å². The summed E-state index contributed by atoms with van der Waals surface area (Å²) in [6, 6.07) is 0. The van der Waals surface area contributed by atoms with Crippen molar-refractivity contribution in [3.63, 3.8) is 0 Å². The van der Waals surface area contributed by atoms with Crippen molar-refractivity contribution in [2.24, 2.45) is 0 Å². The van der Waals surface area contributed by atoms with Crippen molar-refractivity contribution in [3.05, 3.63) is 0 Å². The van der Waals surface area contributed by atoms with Gasteiger partial charge in [-0.3, -0.25) is 0 Å². The van der Waals surface area contributed by atoms with E-state index >= 15 is 0 Å². The molecule has 0 saturated heterocycles. The molecule has 0 aliphatic rings. The fraction of sp³-hybridized carbons (Fsp3) is 0. The van der Waals surface area contributed by atoms with Gasteiger partial charge in [0.05, 0.1) is 0 Å². The first-order valence-electron chi connectivity index (χ1n) is 0.783. The Bertz CT molecular complexity index is 79.9. The van der Waals surface area contributed by atoms with Gasteiger partial charge >= 0.3 is 98.2 Å². The van der Waals surface area contributed by atoms with Gasteiger partial charge in [-0.1, -0.05) is 0 Å². The Hall–Kier alpha value is 3.43. The molecule has 0 spiro atoms. The summed E-state index contributed by atoms with van der Waals surface area (Å²) in [6.07, 6.45) is 0. The topological polar surface area (TPSA) is 77.8 Å². The van der Waals surface area contributed by atoms with Crippen LogP contribution in [-0.2, 0) is 4.57 Å². The van der Waals surface area contributed by atoms with Gasteiger partial charge in [0.25, 0.3) is 0 Å². The predicted molar refractivity (Wildman–Crippen MR) is 38.6 cm³/mol. The summed E-state index contributed by atoms with van der Waals surface area (Å²) in [6.45, 7) is 0. The Morgan fingerprint density at radius 1 is 1.22 bits per heavy atom. The van der Waals surface area contributed by atoms with E-state index in [2.05, 4.69) is 0 Å². The molecule has 0 fully saturated rings. The average molecular weight is 227 g/mol. The molecule has 0 bridgehead atoms. The SMILES string of the molecule is Cl.O=P(O)(O)O.[Ca+2].[H-].[H-].[H-].[H-].[H-].[Mg+2].[Na+]. The Labute approximate surface area is 135 Å². The fourth-order valence-corrected chi connectivity index (χ4v) is 0. The number of rotatable bonds is 0. The quantitative estimate of drug-likeness (QED) is 0.294. The largest absolute Gasteiger partial charge is 2.00 e. The molecule has 0 aromatic heterocycles. The van der Waals surface area contributed by atoms with E-state index in [9.17, 15) is 0 Å². The fourth-order valence-electron chi connectivity index (χ4n) is 0. The Kier molecular flexibility index (Phi) is 45.7. The van der Waals surface area contributed by atoms with Crippen LogP contribution in [0.1, 0.15) is 7.13 Å². The third-order valence-electron chi connectivity index (χ3n) is 0. The smallest absolute Gasteiger partial charge is 1.00 e. The average Bonchev–Trinajstić information content (AvgIpc) is 0.722. The van der Waals surface area contributed by atoms with Crippen LogP contribution in [0.4, 0.5) is 0 Å². The Balaban J connectivity index is -0.00000000222. The van der Waals surface area contributed by atoms with Crippen molar-refractivity contribution < 1.29 is 55.9 Å². The van der Waals surface area contributed by atoms with Crippen LogP contribution >= 0.6 is 20.2 Å². The molecule has 0 atom stereocenters. The summed E-state index contributed by atoms with van der Waals surface area (Å²) in [5, 5.41) is 0. The van der Waals surface area contributed by atoms with E-state index in [-0.39, 0.29) is 110 Å². The van der Waals surface area contributed by atoms with E-state index < -0.39 is 7.82 Å². The minimum absolute atomic E-state index is 0. The monoisotopic (exact) mass is 226 g/mol. The van der Waals surface area contributed by atoms with Crippen molar-refractivity contribution in [1.29, 1.82) is 0 Å². The summed E-state index contributed by atoms with van der Waals surface area (Å²) in [7, 11) is -4.64. The molecule has 3 N–H and O–H groups in total. The summed E-state index contributed by atoms with van der Waals surface area (Å²) in [4.78, 5) is 21.6. The maximum Gasteiger partial charge on any atom is 2.00 e. The van der Waals surface area contributed by atoms with Gasteiger partial charge in [-0.05, 0) is 0 Å². The van der Waals surface area contributed by atoms with Gasteiger partial charge in [-0.25, -0.2) is 4.57 Å². The zero-order chi connectivity index (χ0) is 4.50. The van der Waals surface area contributed by atoms with Crippen LogP contribution in [0.3, 0.4) is 0 Å². The van der Waals surface area contributed by atoms with Crippen LogP contribution in [0, 0.1) is 0 Å². The van der Waals surface area contributed by atoms with Gasteiger partial charge in [0.15, 0.2) is 0 Å². The molecule has 0 saturated carbocycles. The number of halogens is 1. The molecular formula is H9CaClMgNaO4P. The van der Waals surface area contributed by atoms with Crippen LogP contribution in [0.15, 0.2) is 0 Å². The molecule has 4 nitrogen and oxygen atoms in total. The molecule has 50 valence electrons. The number of hydrogen-bond acceptors (Lipinski definition) is 1. The van der Waals surface area contributed by atoms with Gasteiger partial charge in [0, 0.05) is 0 Å². The molecular weight excluding hydrogens is 218 g/mol. The third kappa shape index (κ3) is 86.5. The minimum atomic E-state index is -4.64. The molecule has 0 rings (SSSR count). The van der Waals surface area contributed by atoms with Crippen LogP contribution in [0.25, 0.3) is 0 Å². The van der Waals surface area contributed by atoms with Crippen LogP contribution in [0.2, 0.25) is 0 Å². The van der Waals surface area contributed by atoms with E-state index in [0.717, 1.165) is 0 Å². The van der Waals surface area contributed by atoms with E-state index in [1.54, 1.807) is 0 Å². The molecule has 9 heteroatoms. The van der Waals surface area contributed by atoms with E-state index in [1.165, 1.54) is 0 Å². The molecule has 9 heavy (non-hydrogen) atoms. The second kappa shape index (κ2) is 14.0. The first kappa shape index (κ1) is 29.4. The van der Waals surface area contributed by atoms with Gasteiger partial charge in [0.1, 0.15) is 0 Å². The number of phosphoric acid groups is 1. The summed E-state index contributed by atoms with van der Waals surface area (Å²) in [5.41, 5.74) is 0. The second-order valence-corrected chi connectivity index (χ2v) is 1.54. The zero-order valence-electron chi connectivity index (χ0n) is 10.0. The number of hydrogen-bond donors (Lipinski definition) is 3. The maximum absolute atomic E-state index is 8.88. The van der Waals surface area contributed by atoms with Crippen molar-refractivity contribution in [2.45, 2.75) is 0 Å². The van der Waals surface area contributed by atoms with Gasteiger partial charge in [-0.2, -0.15) is 0 Å². The summed E-state index contributed by atoms with van der Waals surface area (Å²) < 4.78 is 8.88. The van der Waals surface area contributed by atoms with Gasteiger partial charge in [0.2, 0.25) is 0 Å². The Morgan fingerprint density at radius 3 is 1.22 bits per heavy atom. The van der Waals surface area contributed by atoms with Crippen molar-refractivity contribution >= 4 is 81.0 Å². The standard InChI is InChI=1S/Ca.ClH.Mg.Na.H3O4P.5H/c;;;;1-5(2,3)4;;;;;/h;1H;;;(H3,1,2,3,4);;;;;/q+2;;+2;+1;;5*-1. The molecule has 0 unspecified atom stereocenters. The van der Waals surface area contributed by atoms with Crippen LogP contribution in [-0.4, -0.2) is 75.5 Å². The van der Waals surface area contributed by atoms with Gasteiger partial charge < -0.3 is 21.8 Å². The minimum Gasteiger partial charge on any atom is -1.00 e. The third-order valence-corrected chi connectivity index (χ3v) is 0. The molecule has 0 aliphatic heterocycles. The predicted octanol–water partition coefficient (Wildman–Crippen LogP) is -3.70. The van der Waals surface area contributed by atoms with Crippen LogP contribution < -0.4 is 29.6 Å². The van der Waals surface area contributed by atoms with E-state index in [1.807, 2.05) is 0 Å². The zero-order valence-corrected chi connectivity index (χ0v) is 12.4. The molecule has 0 amide bonds. The Morgan fingerprint density at radius 2 is 1.22 bits per heavy atom. The molecule has 0 aromatic rings. The van der Waals surface area contributed by atoms with E-state index in [4.69, 9.17) is 19.2 Å². The van der Waals surface area contributed by atoms with Crippen molar-refractivity contribution in [1.82, 2.24) is 0 Å². The molecule has 0 aromatic carbocycles. The van der Waals surface area contributed by atoms with E-state index in [0.29, 0.717) is 0 Å². The molecule has 0 radical (unpaired) electrons. The van der Waals surface area contributed by atoms with Crippen molar-refractivity contribution in [2.75, 3.05) is 0 Å². The maximum atomic E-state index is 8.88. The normalized spacial score (nSPS) is 6.56. The molecule has 0 aliphatic carbocycles. The summed E-state index contributed by atoms with van der Waals surface area (Å²) >= 11 is 0. The van der Waals surface area contributed by atoms with Crippen LogP contribution in [0.5, 0.6) is 0 Å². The van der Waals surface area contributed by atoms with Gasteiger partial charge in [-0.15, -0.1) is 12.4 Å². The first-order valence-corrected chi connectivity index (χ1v) is 2.35. The second-order valence-electron chi connectivity index (χ2n) is 0.513.